The van der Waals surface area contributed by atoms with E-state index in [1.165, 1.54) is 6.21 Å². The van der Waals surface area contributed by atoms with Gasteiger partial charge in [0.25, 0.3) is 0 Å². The SMILES string of the molecule is Cn1cc(/C=N/O)c(-c2ccncc2)n1. The fourth-order valence-electron chi connectivity index (χ4n) is 1.40. The molecule has 2 aromatic rings. The number of hydrogen-bond acceptors (Lipinski definition) is 4. The highest BCUT2D eigenvalue weighted by atomic mass is 16.4. The maximum Gasteiger partial charge on any atom is 0.101 e. The molecule has 0 radical (unpaired) electrons. The lowest BCUT2D eigenvalue weighted by Crippen LogP contribution is -1.88. The number of pyridine rings is 1. The number of aromatic nitrogens is 3. The Balaban J connectivity index is 2.52. The highest BCUT2D eigenvalue weighted by Crippen LogP contribution is 2.19. The van der Waals surface area contributed by atoms with E-state index in [9.17, 15) is 0 Å². The van der Waals surface area contributed by atoms with Gasteiger partial charge in [-0.15, -0.1) is 0 Å². The molecule has 0 saturated heterocycles. The third kappa shape index (κ3) is 1.85. The summed E-state index contributed by atoms with van der Waals surface area (Å²) in [6.07, 6.45) is 6.55. The van der Waals surface area contributed by atoms with E-state index in [2.05, 4.69) is 15.2 Å². The first-order valence-corrected chi connectivity index (χ1v) is 4.42. The summed E-state index contributed by atoms with van der Waals surface area (Å²) in [5, 5.41) is 15.8. The van der Waals surface area contributed by atoms with Gasteiger partial charge in [-0.3, -0.25) is 9.67 Å². The van der Waals surface area contributed by atoms with Crippen LogP contribution in [0, 0.1) is 0 Å². The normalized spacial score (nSPS) is 11.0. The molecule has 0 fully saturated rings. The smallest absolute Gasteiger partial charge is 0.101 e. The first-order chi connectivity index (χ1) is 7.31. The molecule has 0 atom stereocenters. The zero-order chi connectivity index (χ0) is 10.7. The molecule has 0 unspecified atom stereocenters. The zero-order valence-electron chi connectivity index (χ0n) is 8.20. The molecule has 2 heterocycles. The number of oxime groups is 1. The predicted molar refractivity (Wildman–Crippen MR) is 55.8 cm³/mol. The molecule has 0 spiro atoms. The lowest BCUT2D eigenvalue weighted by atomic mass is 10.1. The summed E-state index contributed by atoms with van der Waals surface area (Å²) in [6.45, 7) is 0. The van der Waals surface area contributed by atoms with Crippen LogP contribution < -0.4 is 0 Å². The molecular weight excluding hydrogens is 192 g/mol. The molecule has 5 nitrogen and oxygen atoms in total. The average molecular weight is 202 g/mol. The fourth-order valence-corrected chi connectivity index (χ4v) is 1.40. The Morgan fingerprint density at radius 2 is 2.13 bits per heavy atom. The highest BCUT2D eigenvalue weighted by molar-refractivity contribution is 5.88. The van der Waals surface area contributed by atoms with Crippen molar-refractivity contribution < 1.29 is 5.21 Å². The summed E-state index contributed by atoms with van der Waals surface area (Å²) >= 11 is 0. The number of nitrogens with zero attached hydrogens (tertiary/aromatic N) is 4. The topological polar surface area (TPSA) is 63.3 Å². The minimum atomic E-state index is 0.770. The Kier molecular flexibility index (Phi) is 2.45. The maximum atomic E-state index is 8.52. The Morgan fingerprint density at radius 3 is 2.80 bits per heavy atom. The maximum absolute atomic E-state index is 8.52. The Hall–Kier alpha value is -2.17. The van der Waals surface area contributed by atoms with Crippen molar-refractivity contribution in [1.29, 1.82) is 0 Å². The van der Waals surface area contributed by atoms with Crippen LogP contribution in [-0.2, 0) is 7.05 Å². The molecular formula is C10H10N4O. The van der Waals surface area contributed by atoms with Crippen molar-refractivity contribution in [3.63, 3.8) is 0 Å². The largest absolute Gasteiger partial charge is 0.411 e. The van der Waals surface area contributed by atoms with E-state index in [1.54, 1.807) is 23.3 Å². The van der Waals surface area contributed by atoms with Crippen LogP contribution in [0.1, 0.15) is 5.56 Å². The molecule has 76 valence electrons. The molecule has 1 N–H and O–H groups in total. The zero-order valence-corrected chi connectivity index (χ0v) is 8.20. The first kappa shape index (κ1) is 9.39. The minimum Gasteiger partial charge on any atom is -0.411 e. The summed E-state index contributed by atoms with van der Waals surface area (Å²) in [7, 11) is 1.82. The Morgan fingerprint density at radius 1 is 1.40 bits per heavy atom. The molecule has 2 aromatic heterocycles. The molecule has 0 aliphatic rings. The summed E-state index contributed by atoms with van der Waals surface area (Å²) < 4.78 is 1.67. The van der Waals surface area contributed by atoms with E-state index < -0.39 is 0 Å². The van der Waals surface area contributed by atoms with Gasteiger partial charge in [0, 0.05) is 36.8 Å². The van der Waals surface area contributed by atoms with Gasteiger partial charge in [-0.1, -0.05) is 5.16 Å². The van der Waals surface area contributed by atoms with E-state index in [4.69, 9.17) is 5.21 Å². The van der Waals surface area contributed by atoms with E-state index >= 15 is 0 Å². The summed E-state index contributed by atoms with van der Waals surface area (Å²) in [4.78, 5) is 3.94. The average Bonchev–Trinajstić information content (AvgIpc) is 2.62. The monoisotopic (exact) mass is 202 g/mol. The van der Waals surface area contributed by atoms with Gasteiger partial charge in [0.05, 0.1) is 6.21 Å². The van der Waals surface area contributed by atoms with Crippen LogP contribution in [0.4, 0.5) is 0 Å². The van der Waals surface area contributed by atoms with Crippen molar-refractivity contribution in [2.24, 2.45) is 12.2 Å². The van der Waals surface area contributed by atoms with Gasteiger partial charge in [-0.05, 0) is 12.1 Å². The molecule has 0 aliphatic heterocycles. The van der Waals surface area contributed by atoms with Gasteiger partial charge in [0.1, 0.15) is 5.69 Å². The van der Waals surface area contributed by atoms with Crippen LogP contribution in [0.25, 0.3) is 11.3 Å². The van der Waals surface area contributed by atoms with Crippen LogP contribution in [0.2, 0.25) is 0 Å². The Bertz CT molecular complexity index is 475. The summed E-state index contributed by atoms with van der Waals surface area (Å²) in [5.41, 5.74) is 2.49. The molecule has 0 amide bonds. The van der Waals surface area contributed by atoms with Crippen LogP contribution in [0.15, 0.2) is 35.9 Å². The van der Waals surface area contributed by atoms with Gasteiger partial charge < -0.3 is 5.21 Å². The van der Waals surface area contributed by atoms with Gasteiger partial charge in [-0.25, -0.2) is 0 Å². The van der Waals surface area contributed by atoms with Crippen molar-refractivity contribution in [3.05, 3.63) is 36.3 Å². The van der Waals surface area contributed by atoms with Crippen LogP contribution >= 0.6 is 0 Å². The van der Waals surface area contributed by atoms with E-state index in [0.29, 0.717) is 0 Å². The predicted octanol–water partition coefficient (Wildman–Crippen LogP) is 1.29. The van der Waals surface area contributed by atoms with Gasteiger partial charge in [0.2, 0.25) is 0 Å². The number of hydrogen-bond donors (Lipinski definition) is 1. The molecule has 5 heteroatoms. The third-order valence-corrected chi connectivity index (χ3v) is 2.01. The van der Waals surface area contributed by atoms with Crippen LogP contribution in [0.5, 0.6) is 0 Å². The minimum absolute atomic E-state index is 0.770. The summed E-state index contributed by atoms with van der Waals surface area (Å²) in [5.74, 6) is 0. The molecule has 0 aliphatic carbocycles. The van der Waals surface area contributed by atoms with Gasteiger partial charge in [0.15, 0.2) is 0 Å². The summed E-state index contributed by atoms with van der Waals surface area (Å²) in [6, 6.07) is 3.72. The van der Waals surface area contributed by atoms with Crippen molar-refractivity contribution in [2.75, 3.05) is 0 Å². The second kappa shape index (κ2) is 3.91. The lowest BCUT2D eigenvalue weighted by molar-refractivity contribution is 0.322. The van der Waals surface area contributed by atoms with Gasteiger partial charge in [-0.2, -0.15) is 5.10 Å². The molecule has 0 aromatic carbocycles. The Labute approximate surface area is 86.7 Å². The van der Waals surface area contributed by atoms with E-state index in [-0.39, 0.29) is 0 Å². The van der Waals surface area contributed by atoms with Crippen molar-refractivity contribution >= 4 is 6.21 Å². The lowest BCUT2D eigenvalue weighted by Gasteiger charge is -1.96. The third-order valence-electron chi connectivity index (χ3n) is 2.01. The molecule has 15 heavy (non-hydrogen) atoms. The van der Waals surface area contributed by atoms with Crippen LogP contribution in [0.3, 0.4) is 0 Å². The molecule has 0 bridgehead atoms. The number of aryl methyl sites for hydroxylation is 1. The highest BCUT2D eigenvalue weighted by Gasteiger charge is 2.07. The van der Waals surface area contributed by atoms with Crippen molar-refractivity contribution in [1.82, 2.24) is 14.8 Å². The standard InChI is InChI=1S/C10H10N4O/c1-14-7-9(6-12-15)10(13-14)8-2-4-11-5-3-8/h2-7,15H,1H3/b12-6+. The van der Waals surface area contributed by atoms with Crippen molar-refractivity contribution in [2.45, 2.75) is 0 Å². The second-order valence-corrected chi connectivity index (χ2v) is 3.09. The van der Waals surface area contributed by atoms with E-state index in [1.807, 2.05) is 19.2 Å². The molecule has 2 rings (SSSR count). The van der Waals surface area contributed by atoms with Crippen molar-refractivity contribution in [3.8, 4) is 11.3 Å². The quantitative estimate of drug-likeness (QED) is 0.453. The first-order valence-electron chi connectivity index (χ1n) is 4.42. The van der Waals surface area contributed by atoms with Gasteiger partial charge >= 0.3 is 0 Å². The van der Waals surface area contributed by atoms with E-state index in [0.717, 1.165) is 16.8 Å². The second-order valence-electron chi connectivity index (χ2n) is 3.09. The number of rotatable bonds is 2. The molecule has 0 saturated carbocycles. The van der Waals surface area contributed by atoms with Crippen LogP contribution in [-0.4, -0.2) is 26.2 Å². The fraction of sp³-hybridized carbons (Fsp3) is 0.100.